The molecule has 84 valence electrons. The van der Waals surface area contributed by atoms with Gasteiger partial charge in [-0.1, -0.05) is 39.7 Å². The number of halogens is 2. The molecule has 1 unspecified atom stereocenters. The molecule has 0 radical (unpaired) electrons. The Labute approximate surface area is 112 Å². The van der Waals surface area contributed by atoms with Crippen molar-refractivity contribution >= 4 is 38.9 Å². The Bertz CT molecular complexity index is 473. The number of thiophene rings is 1. The van der Waals surface area contributed by atoms with Crippen molar-refractivity contribution in [3.63, 3.8) is 0 Å². The zero-order chi connectivity index (χ0) is 11.7. The smallest absolute Gasteiger partial charge is 0.0961 e. The predicted molar refractivity (Wildman–Crippen MR) is 74.2 cm³/mol. The van der Waals surface area contributed by atoms with Gasteiger partial charge in [-0.15, -0.1) is 11.3 Å². The molecule has 2 rings (SSSR count). The highest BCUT2D eigenvalue weighted by molar-refractivity contribution is 9.10. The van der Waals surface area contributed by atoms with Crippen LogP contribution in [0, 0.1) is 6.92 Å². The Hall–Kier alpha value is -0.350. The highest BCUT2D eigenvalue weighted by atomic mass is 79.9. The van der Waals surface area contributed by atoms with Crippen LogP contribution in [0.25, 0.3) is 0 Å². The van der Waals surface area contributed by atoms with Gasteiger partial charge in [0.05, 0.1) is 10.4 Å². The quantitative estimate of drug-likeness (QED) is 0.866. The van der Waals surface area contributed by atoms with Crippen LogP contribution in [0.15, 0.2) is 34.8 Å². The monoisotopic (exact) mass is 315 g/mol. The van der Waals surface area contributed by atoms with Gasteiger partial charge in [-0.25, -0.2) is 0 Å². The fraction of sp³-hybridized carbons (Fsp3) is 0.167. The Balaban J connectivity index is 2.31. The van der Waals surface area contributed by atoms with Crippen molar-refractivity contribution in [2.24, 2.45) is 5.73 Å². The molecule has 1 nitrogen and oxygen atoms in total. The number of rotatable bonds is 2. The van der Waals surface area contributed by atoms with Gasteiger partial charge in [-0.05, 0) is 36.2 Å². The lowest BCUT2D eigenvalue weighted by Crippen LogP contribution is -2.09. The molecule has 1 atom stereocenters. The van der Waals surface area contributed by atoms with Gasteiger partial charge >= 0.3 is 0 Å². The Morgan fingerprint density at radius 3 is 2.44 bits per heavy atom. The second-order valence-corrected chi connectivity index (χ2v) is 6.24. The van der Waals surface area contributed by atoms with E-state index in [1.54, 1.807) is 11.3 Å². The Morgan fingerprint density at radius 1 is 1.31 bits per heavy atom. The van der Waals surface area contributed by atoms with Gasteiger partial charge in [0.25, 0.3) is 0 Å². The van der Waals surface area contributed by atoms with E-state index in [1.807, 2.05) is 31.2 Å². The molecule has 4 heteroatoms. The molecule has 0 bridgehead atoms. The number of hydrogen-bond donors (Lipinski definition) is 1. The van der Waals surface area contributed by atoms with Gasteiger partial charge in [0.1, 0.15) is 0 Å². The van der Waals surface area contributed by atoms with Crippen LogP contribution in [0.2, 0.25) is 4.34 Å². The van der Waals surface area contributed by atoms with E-state index in [9.17, 15) is 0 Å². The van der Waals surface area contributed by atoms with Gasteiger partial charge in [0.15, 0.2) is 0 Å². The van der Waals surface area contributed by atoms with E-state index >= 15 is 0 Å². The van der Waals surface area contributed by atoms with E-state index in [-0.39, 0.29) is 6.04 Å². The highest BCUT2D eigenvalue weighted by Crippen LogP contribution is 2.33. The van der Waals surface area contributed by atoms with E-state index in [0.717, 1.165) is 24.8 Å². The molecule has 0 aliphatic carbocycles. The third-order valence-corrected chi connectivity index (χ3v) is 4.58. The summed E-state index contributed by atoms with van der Waals surface area (Å²) < 4.78 is 1.88. The first kappa shape index (κ1) is 12.1. The van der Waals surface area contributed by atoms with E-state index in [0.29, 0.717) is 0 Å². The molecule has 2 N–H and O–H groups in total. The van der Waals surface area contributed by atoms with Crippen molar-refractivity contribution in [1.29, 1.82) is 0 Å². The summed E-state index contributed by atoms with van der Waals surface area (Å²) in [6, 6.07) is 10.0. The maximum atomic E-state index is 6.19. The molecule has 0 amide bonds. The van der Waals surface area contributed by atoms with Gasteiger partial charge < -0.3 is 5.73 Å². The summed E-state index contributed by atoms with van der Waals surface area (Å²) in [6.07, 6.45) is 0. The van der Waals surface area contributed by atoms with Gasteiger partial charge in [0.2, 0.25) is 0 Å². The summed E-state index contributed by atoms with van der Waals surface area (Å²) in [5.41, 5.74) is 8.38. The first-order valence-corrected chi connectivity index (χ1v) is 6.83. The zero-order valence-corrected chi connectivity index (χ0v) is 11.9. The fourth-order valence-corrected chi connectivity index (χ4v) is 2.98. The molecule has 0 fully saturated rings. The predicted octanol–water partition coefficient (Wildman–Crippen LogP) is 4.52. The topological polar surface area (TPSA) is 26.0 Å². The standard InChI is InChI=1S/C12H11BrClNS/c1-7-6-10(16-12(7)14)11(15)8-2-4-9(13)5-3-8/h2-6,11H,15H2,1H3. The molecule has 0 saturated heterocycles. The van der Waals surface area contributed by atoms with Crippen LogP contribution in [0.1, 0.15) is 22.0 Å². The lowest BCUT2D eigenvalue weighted by molar-refractivity contribution is 0.892. The van der Waals surface area contributed by atoms with E-state index < -0.39 is 0 Å². The van der Waals surface area contributed by atoms with E-state index in [2.05, 4.69) is 22.0 Å². The molecule has 1 aromatic carbocycles. The summed E-state index contributed by atoms with van der Waals surface area (Å²) in [4.78, 5) is 1.10. The average Bonchev–Trinajstić information content (AvgIpc) is 2.59. The normalized spacial score (nSPS) is 12.8. The first-order chi connectivity index (χ1) is 7.58. The first-order valence-electron chi connectivity index (χ1n) is 4.85. The third-order valence-electron chi connectivity index (χ3n) is 2.41. The van der Waals surface area contributed by atoms with Gasteiger partial charge in [-0.2, -0.15) is 0 Å². The lowest BCUT2D eigenvalue weighted by Gasteiger charge is -2.09. The molecule has 0 saturated carbocycles. The molecule has 2 aromatic rings. The van der Waals surface area contributed by atoms with Crippen molar-refractivity contribution in [1.82, 2.24) is 0 Å². The van der Waals surface area contributed by atoms with Gasteiger partial charge in [0, 0.05) is 9.35 Å². The molecule has 0 aliphatic heterocycles. The van der Waals surface area contributed by atoms with Crippen LogP contribution in [0.3, 0.4) is 0 Å². The summed E-state index contributed by atoms with van der Waals surface area (Å²) in [5.74, 6) is 0. The minimum atomic E-state index is -0.0932. The second-order valence-electron chi connectivity index (χ2n) is 3.63. The van der Waals surface area contributed by atoms with Crippen LogP contribution in [-0.4, -0.2) is 0 Å². The van der Waals surface area contributed by atoms with Crippen molar-refractivity contribution in [3.8, 4) is 0 Å². The summed E-state index contributed by atoms with van der Waals surface area (Å²) in [7, 11) is 0. The minimum Gasteiger partial charge on any atom is -0.320 e. The van der Waals surface area contributed by atoms with Crippen LogP contribution in [-0.2, 0) is 0 Å². The molecule has 0 spiro atoms. The minimum absolute atomic E-state index is 0.0932. The zero-order valence-electron chi connectivity index (χ0n) is 8.71. The van der Waals surface area contributed by atoms with Gasteiger partial charge in [-0.3, -0.25) is 0 Å². The molecule has 1 heterocycles. The Morgan fingerprint density at radius 2 is 1.94 bits per heavy atom. The molecule has 0 aliphatic rings. The highest BCUT2D eigenvalue weighted by Gasteiger charge is 2.13. The number of hydrogen-bond acceptors (Lipinski definition) is 2. The summed E-state index contributed by atoms with van der Waals surface area (Å²) in [5, 5.41) is 0. The largest absolute Gasteiger partial charge is 0.320 e. The van der Waals surface area contributed by atoms with E-state index in [1.165, 1.54) is 0 Å². The number of nitrogens with two attached hydrogens (primary N) is 1. The maximum Gasteiger partial charge on any atom is 0.0961 e. The van der Waals surface area contributed by atoms with Crippen LogP contribution < -0.4 is 5.73 Å². The third kappa shape index (κ3) is 2.48. The summed E-state index contributed by atoms with van der Waals surface area (Å²) >= 11 is 11.0. The number of aryl methyl sites for hydroxylation is 1. The SMILES string of the molecule is Cc1cc(C(N)c2ccc(Br)cc2)sc1Cl. The lowest BCUT2D eigenvalue weighted by atomic mass is 10.1. The van der Waals surface area contributed by atoms with Crippen molar-refractivity contribution in [3.05, 3.63) is 55.1 Å². The number of benzene rings is 1. The van der Waals surface area contributed by atoms with Crippen molar-refractivity contribution in [2.75, 3.05) is 0 Å². The van der Waals surface area contributed by atoms with E-state index in [4.69, 9.17) is 17.3 Å². The van der Waals surface area contributed by atoms with Crippen molar-refractivity contribution in [2.45, 2.75) is 13.0 Å². The van der Waals surface area contributed by atoms with Crippen LogP contribution >= 0.6 is 38.9 Å². The molecular weight excluding hydrogens is 306 g/mol. The molecule has 1 aromatic heterocycles. The fourth-order valence-electron chi connectivity index (χ4n) is 1.47. The maximum absolute atomic E-state index is 6.19. The Kier molecular flexibility index (Phi) is 3.70. The molecule has 16 heavy (non-hydrogen) atoms. The van der Waals surface area contributed by atoms with Crippen LogP contribution in [0.5, 0.6) is 0 Å². The molecular formula is C12H11BrClNS. The second kappa shape index (κ2) is 4.88. The average molecular weight is 317 g/mol. The van der Waals surface area contributed by atoms with Crippen LogP contribution in [0.4, 0.5) is 0 Å². The van der Waals surface area contributed by atoms with Crippen molar-refractivity contribution < 1.29 is 0 Å². The summed E-state index contributed by atoms with van der Waals surface area (Å²) in [6.45, 7) is 2.00.